The molecule has 0 spiro atoms. The summed E-state index contributed by atoms with van der Waals surface area (Å²) in [5, 5.41) is 11.6. The minimum Gasteiger partial charge on any atom is -0.478 e. The number of hydrogen-bond donors (Lipinski definition) is 1. The molecule has 3 heterocycles. The predicted molar refractivity (Wildman–Crippen MR) is 82.3 cm³/mol. The van der Waals surface area contributed by atoms with Gasteiger partial charge in [-0.15, -0.1) is 11.3 Å². The predicted octanol–water partition coefficient (Wildman–Crippen LogP) is 2.89. The van der Waals surface area contributed by atoms with Crippen LogP contribution >= 0.6 is 11.3 Å². The fraction of sp³-hybridized carbons (Fsp3) is 0.375. The van der Waals surface area contributed by atoms with E-state index in [1.807, 2.05) is 6.07 Å². The third kappa shape index (κ3) is 2.12. The summed E-state index contributed by atoms with van der Waals surface area (Å²) in [6, 6.07) is 3.98. The number of aromatic carboxylic acids is 1. The van der Waals surface area contributed by atoms with Crippen molar-refractivity contribution in [1.82, 2.24) is 4.98 Å². The maximum Gasteiger partial charge on any atom is 0.339 e. The molecule has 0 atom stereocenters. The van der Waals surface area contributed by atoms with Crippen LogP contribution in [0.3, 0.4) is 0 Å². The van der Waals surface area contributed by atoms with Crippen LogP contribution in [0.1, 0.15) is 38.5 Å². The van der Waals surface area contributed by atoms with Crippen LogP contribution in [0.15, 0.2) is 17.5 Å². The number of nitrogens with zero attached hydrogens (tertiary/aromatic N) is 2. The van der Waals surface area contributed by atoms with E-state index in [1.165, 1.54) is 10.4 Å². The Morgan fingerprint density at radius 3 is 3.05 bits per heavy atom. The molecule has 108 valence electrons. The monoisotopic (exact) mass is 300 g/mol. The van der Waals surface area contributed by atoms with E-state index in [-0.39, 0.29) is 0 Å². The van der Waals surface area contributed by atoms with E-state index in [2.05, 4.69) is 16.3 Å². The number of carboxylic acids is 1. The molecule has 1 aliphatic heterocycles. The van der Waals surface area contributed by atoms with Gasteiger partial charge in [0.1, 0.15) is 11.4 Å². The van der Waals surface area contributed by atoms with Crippen molar-refractivity contribution in [3.63, 3.8) is 0 Å². The molecule has 2 aromatic heterocycles. The number of anilines is 1. The van der Waals surface area contributed by atoms with Crippen LogP contribution in [-0.2, 0) is 25.8 Å². The van der Waals surface area contributed by atoms with Crippen LogP contribution in [0.5, 0.6) is 0 Å². The van der Waals surface area contributed by atoms with Crippen LogP contribution in [0.4, 0.5) is 5.82 Å². The lowest BCUT2D eigenvalue weighted by molar-refractivity contribution is 0.0697. The van der Waals surface area contributed by atoms with Crippen molar-refractivity contribution in [3.8, 4) is 0 Å². The fourth-order valence-electron chi connectivity index (χ4n) is 3.29. The van der Waals surface area contributed by atoms with Gasteiger partial charge in [-0.3, -0.25) is 0 Å². The fourth-order valence-corrected chi connectivity index (χ4v) is 4.18. The van der Waals surface area contributed by atoms with Gasteiger partial charge in [-0.2, -0.15) is 0 Å². The third-order valence-electron chi connectivity index (χ3n) is 4.37. The summed E-state index contributed by atoms with van der Waals surface area (Å²) in [6.07, 6.45) is 3.99. The Kier molecular flexibility index (Phi) is 2.96. The Morgan fingerprint density at radius 1 is 1.29 bits per heavy atom. The molecule has 21 heavy (non-hydrogen) atoms. The van der Waals surface area contributed by atoms with E-state index in [1.54, 1.807) is 11.3 Å². The molecule has 1 N–H and O–H groups in total. The topological polar surface area (TPSA) is 53.4 Å². The summed E-state index contributed by atoms with van der Waals surface area (Å²) in [7, 11) is 0. The largest absolute Gasteiger partial charge is 0.478 e. The van der Waals surface area contributed by atoms with Gasteiger partial charge >= 0.3 is 5.97 Å². The molecule has 1 aliphatic carbocycles. The summed E-state index contributed by atoms with van der Waals surface area (Å²) in [5.74, 6) is -0.219. The highest BCUT2D eigenvalue weighted by molar-refractivity contribution is 7.10. The first-order valence-electron chi connectivity index (χ1n) is 7.28. The van der Waals surface area contributed by atoms with Crippen LogP contribution in [0.25, 0.3) is 0 Å². The highest BCUT2D eigenvalue weighted by Gasteiger charge is 2.26. The molecule has 0 aromatic carbocycles. The second kappa shape index (κ2) is 4.84. The second-order valence-corrected chi connectivity index (χ2v) is 6.67. The average molecular weight is 300 g/mol. The molecule has 0 unspecified atom stereocenters. The quantitative estimate of drug-likeness (QED) is 0.926. The normalized spacial score (nSPS) is 16.7. The highest BCUT2D eigenvalue weighted by atomic mass is 32.1. The zero-order valence-electron chi connectivity index (χ0n) is 11.6. The summed E-state index contributed by atoms with van der Waals surface area (Å²) in [4.78, 5) is 19.8. The van der Waals surface area contributed by atoms with E-state index in [4.69, 9.17) is 4.98 Å². The molecule has 5 heteroatoms. The number of carbonyl (C=O) groups is 1. The van der Waals surface area contributed by atoms with Gasteiger partial charge in [0.05, 0.1) is 0 Å². The number of aryl methyl sites for hydroxylation is 2. The van der Waals surface area contributed by atoms with Crippen molar-refractivity contribution in [3.05, 3.63) is 44.8 Å². The average Bonchev–Trinajstić information content (AvgIpc) is 3.13. The number of fused-ring (bicyclic) bond motifs is 2. The van der Waals surface area contributed by atoms with Gasteiger partial charge in [0.2, 0.25) is 0 Å². The lowest BCUT2D eigenvalue weighted by Crippen LogP contribution is -2.31. The number of rotatable bonds is 2. The summed E-state index contributed by atoms with van der Waals surface area (Å²) >= 11 is 1.79. The lowest BCUT2D eigenvalue weighted by atomic mass is 10.1. The summed E-state index contributed by atoms with van der Waals surface area (Å²) in [5.41, 5.74) is 3.87. The highest BCUT2D eigenvalue weighted by Crippen LogP contribution is 2.32. The number of aromatic nitrogens is 1. The number of carboxylic acid groups (broad SMARTS) is 1. The maximum absolute atomic E-state index is 11.6. The molecular formula is C16H16N2O2S. The van der Waals surface area contributed by atoms with Crippen molar-refractivity contribution in [1.29, 1.82) is 0 Å². The van der Waals surface area contributed by atoms with Crippen molar-refractivity contribution < 1.29 is 9.90 Å². The molecule has 4 rings (SSSR count). The van der Waals surface area contributed by atoms with E-state index >= 15 is 0 Å². The smallest absolute Gasteiger partial charge is 0.339 e. The molecule has 0 saturated carbocycles. The number of hydrogen-bond acceptors (Lipinski definition) is 4. The van der Waals surface area contributed by atoms with Crippen LogP contribution in [-0.4, -0.2) is 22.6 Å². The summed E-state index contributed by atoms with van der Waals surface area (Å²) in [6.45, 7) is 1.62. The SMILES string of the molecule is O=C(O)c1cc2c(nc1N1CCc3sccc3C1)CCC2. The van der Waals surface area contributed by atoms with Gasteiger partial charge in [-0.1, -0.05) is 0 Å². The Balaban J connectivity index is 1.76. The number of thiophene rings is 1. The number of pyridine rings is 1. The molecule has 2 aliphatic rings. The van der Waals surface area contributed by atoms with Crippen molar-refractivity contribution in [2.24, 2.45) is 0 Å². The molecule has 0 amide bonds. The van der Waals surface area contributed by atoms with Gasteiger partial charge in [0.25, 0.3) is 0 Å². The molecule has 0 radical (unpaired) electrons. The maximum atomic E-state index is 11.6. The van der Waals surface area contributed by atoms with Gasteiger partial charge in [-0.05, 0) is 54.3 Å². The van der Waals surface area contributed by atoms with Gasteiger partial charge in [-0.25, -0.2) is 9.78 Å². The Bertz CT molecular complexity index is 723. The zero-order valence-corrected chi connectivity index (χ0v) is 12.4. The Hall–Kier alpha value is -1.88. The van der Waals surface area contributed by atoms with E-state index in [0.717, 1.165) is 50.0 Å². The first-order chi connectivity index (χ1) is 10.2. The first kappa shape index (κ1) is 12.8. The standard InChI is InChI=1S/C16H16N2O2S/c19-16(20)12-8-10-2-1-3-13(10)17-15(12)18-6-4-14-11(9-18)5-7-21-14/h5,7-8H,1-4,6,9H2,(H,19,20). The third-order valence-corrected chi connectivity index (χ3v) is 5.39. The van der Waals surface area contributed by atoms with Crippen LogP contribution < -0.4 is 4.90 Å². The Labute approximate surface area is 127 Å². The van der Waals surface area contributed by atoms with Gasteiger partial charge < -0.3 is 10.0 Å². The van der Waals surface area contributed by atoms with Gasteiger partial charge in [0.15, 0.2) is 0 Å². The molecule has 0 saturated heterocycles. The minimum absolute atomic E-state index is 0.356. The zero-order chi connectivity index (χ0) is 14.4. The first-order valence-corrected chi connectivity index (χ1v) is 8.16. The van der Waals surface area contributed by atoms with Gasteiger partial charge in [0, 0.05) is 23.7 Å². The van der Waals surface area contributed by atoms with E-state index in [9.17, 15) is 9.90 Å². The molecular weight excluding hydrogens is 284 g/mol. The van der Waals surface area contributed by atoms with E-state index in [0.29, 0.717) is 11.4 Å². The van der Waals surface area contributed by atoms with Crippen molar-refractivity contribution >= 4 is 23.1 Å². The summed E-state index contributed by atoms with van der Waals surface area (Å²) < 4.78 is 0. The van der Waals surface area contributed by atoms with Crippen LogP contribution in [0.2, 0.25) is 0 Å². The minimum atomic E-state index is -0.872. The van der Waals surface area contributed by atoms with Crippen molar-refractivity contribution in [2.75, 3.05) is 11.4 Å². The van der Waals surface area contributed by atoms with Crippen molar-refractivity contribution in [2.45, 2.75) is 32.2 Å². The molecule has 4 nitrogen and oxygen atoms in total. The van der Waals surface area contributed by atoms with Crippen LogP contribution in [0, 0.1) is 0 Å². The molecule has 0 fully saturated rings. The van der Waals surface area contributed by atoms with E-state index < -0.39 is 5.97 Å². The molecule has 0 bridgehead atoms. The molecule has 2 aromatic rings. The Morgan fingerprint density at radius 2 is 2.19 bits per heavy atom. The second-order valence-electron chi connectivity index (χ2n) is 5.66. The lowest BCUT2D eigenvalue weighted by Gasteiger charge is -2.29.